The number of hydrogen-bond acceptors (Lipinski definition) is 5. The summed E-state index contributed by atoms with van der Waals surface area (Å²) in [6, 6.07) is 0. The summed E-state index contributed by atoms with van der Waals surface area (Å²) in [5.41, 5.74) is 0.0572. The van der Waals surface area contributed by atoms with Crippen molar-refractivity contribution in [2.45, 2.75) is 38.1 Å². The Hall–Kier alpha value is -1.63. The summed E-state index contributed by atoms with van der Waals surface area (Å²) in [7, 11) is 1.81. The Morgan fingerprint density at radius 1 is 1.43 bits per heavy atom. The Labute approximate surface area is 127 Å². The van der Waals surface area contributed by atoms with Crippen molar-refractivity contribution >= 4 is 28.3 Å². The van der Waals surface area contributed by atoms with E-state index in [-0.39, 0.29) is 5.91 Å². The first kappa shape index (κ1) is 14.3. The molecule has 3 rings (SSSR count). The zero-order valence-corrected chi connectivity index (χ0v) is 13.2. The molecule has 1 aromatic heterocycles. The van der Waals surface area contributed by atoms with Crippen LogP contribution in [0.15, 0.2) is 0 Å². The molecule has 1 unspecified atom stereocenters. The number of carbonyl (C=O) groups excluding carboxylic acids is 1. The van der Waals surface area contributed by atoms with Crippen molar-refractivity contribution in [3.63, 3.8) is 0 Å². The molecular formula is C14H19N3O3S. The highest BCUT2D eigenvalue weighted by atomic mass is 32.1. The van der Waals surface area contributed by atoms with E-state index in [4.69, 9.17) is 0 Å². The summed E-state index contributed by atoms with van der Waals surface area (Å²) in [6.07, 6.45) is 1.40. The summed E-state index contributed by atoms with van der Waals surface area (Å²) in [6.45, 7) is 5.17. The van der Waals surface area contributed by atoms with E-state index < -0.39 is 17.4 Å². The lowest BCUT2D eigenvalue weighted by Gasteiger charge is -2.44. The number of amides is 1. The van der Waals surface area contributed by atoms with Gasteiger partial charge in [0.2, 0.25) is 5.91 Å². The smallest absolute Gasteiger partial charge is 0.312 e. The molecule has 114 valence electrons. The van der Waals surface area contributed by atoms with E-state index in [0.29, 0.717) is 18.7 Å². The van der Waals surface area contributed by atoms with E-state index in [2.05, 4.69) is 4.98 Å². The van der Waals surface area contributed by atoms with Crippen molar-refractivity contribution in [1.82, 2.24) is 9.88 Å². The lowest BCUT2D eigenvalue weighted by atomic mass is 9.99. The molecule has 1 aromatic rings. The molecule has 2 aliphatic rings. The number of rotatable bonds is 2. The molecule has 0 saturated carbocycles. The zero-order chi connectivity index (χ0) is 15.4. The predicted molar refractivity (Wildman–Crippen MR) is 79.9 cm³/mol. The first-order valence-corrected chi connectivity index (χ1v) is 7.89. The molecule has 1 fully saturated rings. The van der Waals surface area contributed by atoms with Crippen LogP contribution >= 0.6 is 11.3 Å². The van der Waals surface area contributed by atoms with Gasteiger partial charge in [0, 0.05) is 25.0 Å². The highest BCUT2D eigenvalue weighted by molar-refractivity contribution is 7.15. The molecule has 6 nitrogen and oxygen atoms in total. The van der Waals surface area contributed by atoms with Crippen molar-refractivity contribution in [1.29, 1.82) is 0 Å². The minimum atomic E-state index is -0.806. The average Bonchev–Trinajstić information content (AvgIpc) is 2.95. The van der Waals surface area contributed by atoms with Gasteiger partial charge in [0.15, 0.2) is 5.13 Å². The fraction of sp³-hybridized carbons (Fsp3) is 0.643. The van der Waals surface area contributed by atoms with Gasteiger partial charge in [-0.3, -0.25) is 9.59 Å². The summed E-state index contributed by atoms with van der Waals surface area (Å²) < 4.78 is 0. The number of aliphatic carboxylic acids is 1. The summed E-state index contributed by atoms with van der Waals surface area (Å²) in [4.78, 5) is 33.0. The number of anilines is 1. The number of aryl methyl sites for hydroxylation is 1. The van der Waals surface area contributed by atoms with Crippen LogP contribution in [0.1, 0.15) is 36.8 Å². The molecule has 0 spiro atoms. The molecule has 1 amide bonds. The van der Waals surface area contributed by atoms with E-state index in [1.54, 1.807) is 4.90 Å². The van der Waals surface area contributed by atoms with E-state index in [9.17, 15) is 14.7 Å². The Morgan fingerprint density at radius 2 is 2.14 bits per heavy atom. The number of piperazine rings is 1. The number of hydrogen-bond donors (Lipinski definition) is 1. The number of nitrogens with zero attached hydrogens (tertiary/aromatic N) is 3. The fourth-order valence-corrected chi connectivity index (χ4v) is 4.42. The molecule has 1 N–H and O–H groups in total. The van der Waals surface area contributed by atoms with Gasteiger partial charge in [0.05, 0.1) is 5.69 Å². The molecule has 1 aliphatic heterocycles. The standard InChI is InChI=1S/C14H19N3O3S/c1-14(2)12(20)16(3)6-7-17(14)13-15-10-8(11(18)19)4-5-9(10)21-13/h8H,4-7H2,1-3H3,(H,18,19). The number of likely N-dealkylation sites (N-methyl/N-ethyl adjacent to an activating group) is 1. The molecule has 1 aliphatic carbocycles. The van der Waals surface area contributed by atoms with Crippen molar-refractivity contribution in [3.8, 4) is 0 Å². The highest BCUT2D eigenvalue weighted by Crippen LogP contribution is 2.41. The largest absolute Gasteiger partial charge is 0.481 e. The number of thiazole rings is 1. The molecule has 2 heterocycles. The van der Waals surface area contributed by atoms with Gasteiger partial charge in [-0.1, -0.05) is 0 Å². The van der Waals surface area contributed by atoms with Gasteiger partial charge < -0.3 is 14.9 Å². The predicted octanol–water partition coefficient (Wildman–Crippen LogP) is 1.31. The van der Waals surface area contributed by atoms with Crippen molar-refractivity contribution in [2.24, 2.45) is 0 Å². The second-order valence-corrected chi connectivity index (χ2v) is 7.23. The average molecular weight is 309 g/mol. The number of carboxylic acid groups (broad SMARTS) is 1. The molecule has 0 bridgehead atoms. The SMILES string of the molecule is CN1CCN(c2nc3c(s2)CCC3C(=O)O)C(C)(C)C1=O. The second-order valence-electron chi connectivity index (χ2n) is 6.17. The maximum Gasteiger partial charge on any atom is 0.312 e. The Morgan fingerprint density at radius 3 is 2.81 bits per heavy atom. The number of fused-ring (bicyclic) bond motifs is 1. The van der Waals surface area contributed by atoms with Crippen molar-refractivity contribution in [2.75, 3.05) is 25.0 Å². The molecular weight excluding hydrogens is 290 g/mol. The summed E-state index contributed by atoms with van der Waals surface area (Å²) >= 11 is 1.54. The summed E-state index contributed by atoms with van der Waals surface area (Å²) in [5, 5.41) is 10.0. The zero-order valence-electron chi connectivity index (χ0n) is 12.4. The first-order valence-electron chi connectivity index (χ1n) is 7.08. The van der Waals surface area contributed by atoms with Gasteiger partial charge >= 0.3 is 5.97 Å². The topological polar surface area (TPSA) is 73.7 Å². The molecule has 1 saturated heterocycles. The van der Waals surface area contributed by atoms with Gasteiger partial charge in [-0.05, 0) is 26.7 Å². The third-order valence-electron chi connectivity index (χ3n) is 4.44. The van der Waals surface area contributed by atoms with Crippen molar-refractivity contribution < 1.29 is 14.7 Å². The molecule has 21 heavy (non-hydrogen) atoms. The Bertz CT molecular complexity index is 611. The van der Waals surface area contributed by atoms with E-state index in [1.165, 1.54) is 11.3 Å². The molecule has 1 atom stereocenters. The molecule has 0 radical (unpaired) electrons. The lowest BCUT2D eigenvalue weighted by molar-refractivity contribution is -0.139. The second kappa shape index (κ2) is 4.69. The van der Waals surface area contributed by atoms with Gasteiger partial charge in [0.25, 0.3) is 0 Å². The quantitative estimate of drug-likeness (QED) is 0.892. The normalized spacial score (nSPS) is 24.3. The first-order chi connectivity index (χ1) is 9.82. The van der Waals surface area contributed by atoms with Crippen molar-refractivity contribution in [3.05, 3.63) is 10.6 Å². The molecule has 0 aromatic carbocycles. The van der Waals surface area contributed by atoms with E-state index >= 15 is 0 Å². The number of carboxylic acids is 1. The van der Waals surface area contributed by atoms with Gasteiger partial charge in [0.1, 0.15) is 11.5 Å². The highest BCUT2D eigenvalue weighted by Gasteiger charge is 2.43. The number of aromatic nitrogens is 1. The van der Waals surface area contributed by atoms with Crippen LogP contribution in [0.4, 0.5) is 5.13 Å². The maximum atomic E-state index is 12.3. The van der Waals surface area contributed by atoms with Crippen LogP contribution in [0.3, 0.4) is 0 Å². The van der Waals surface area contributed by atoms with Crippen LogP contribution in [0.25, 0.3) is 0 Å². The Balaban J connectivity index is 1.94. The van der Waals surface area contributed by atoms with E-state index in [0.717, 1.165) is 23.0 Å². The van der Waals surface area contributed by atoms with Crippen LogP contribution in [0, 0.1) is 0 Å². The third kappa shape index (κ3) is 2.10. The summed E-state index contributed by atoms with van der Waals surface area (Å²) in [5.74, 6) is -1.23. The fourth-order valence-electron chi connectivity index (χ4n) is 3.12. The van der Waals surface area contributed by atoms with E-state index in [1.807, 2.05) is 25.8 Å². The lowest BCUT2D eigenvalue weighted by Crippen LogP contribution is -2.62. The van der Waals surface area contributed by atoms with Crippen LogP contribution in [-0.2, 0) is 16.0 Å². The molecule has 7 heteroatoms. The third-order valence-corrected chi connectivity index (χ3v) is 5.59. The minimum absolute atomic E-state index is 0.0684. The van der Waals surface area contributed by atoms with Crippen LogP contribution in [0.5, 0.6) is 0 Å². The number of carbonyl (C=O) groups is 2. The van der Waals surface area contributed by atoms with Gasteiger partial charge in [-0.2, -0.15) is 0 Å². The van der Waals surface area contributed by atoms with Crippen LogP contribution in [0.2, 0.25) is 0 Å². The van der Waals surface area contributed by atoms with Crippen LogP contribution in [-0.4, -0.2) is 52.5 Å². The maximum absolute atomic E-state index is 12.3. The minimum Gasteiger partial charge on any atom is -0.481 e. The van der Waals surface area contributed by atoms with Gasteiger partial charge in [-0.15, -0.1) is 11.3 Å². The monoisotopic (exact) mass is 309 g/mol. The van der Waals surface area contributed by atoms with Crippen LogP contribution < -0.4 is 4.90 Å². The Kier molecular flexibility index (Phi) is 3.20. The van der Waals surface area contributed by atoms with Gasteiger partial charge in [-0.25, -0.2) is 4.98 Å².